The van der Waals surface area contributed by atoms with Gasteiger partial charge in [0.2, 0.25) is 0 Å². The summed E-state index contributed by atoms with van der Waals surface area (Å²) in [5.74, 6) is 0.344. The van der Waals surface area contributed by atoms with Crippen LogP contribution in [0, 0.1) is 0 Å². The Hall–Kier alpha value is -3.28. The van der Waals surface area contributed by atoms with E-state index in [-0.39, 0.29) is 12.5 Å². The Morgan fingerprint density at radius 2 is 1.71 bits per heavy atom. The molecule has 0 radical (unpaired) electrons. The second-order valence-corrected chi connectivity index (χ2v) is 5.95. The van der Waals surface area contributed by atoms with E-state index >= 15 is 0 Å². The Balaban J connectivity index is 1.88. The molecule has 2 aromatic rings. The van der Waals surface area contributed by atoms with Gasteiger partial charge < -0.3 is 19.1 Å². The fourth-order valence-electron chi connectivity index (χ4n) is 2.57. The fraction of sp³-hybridized carbons (Fsp3) is 0.273. The van der Waals surface area contributed by atoms with E-state index in [2.05, 4.69) is 0 Å². The number of carbonyl (C=O) groups is 2. The number of carbonyl (C=O) groups excluding carboxylic acids is 2. The largest absolute Gasteiger partial charge is 0.493 e. The summed E-state index contributed by atoms with van der Waals surface area (Å²) < 4.78 is 15.5. The number of hydrogen-bond acceptors (Lipinski definition) is 5. The zero-order chi connectivity index (χ0) is 20.4. The molecule has 6 heteroatoms. The molecule has 1 amide bonds. The molecular weight excluding hydrogens is 358 g/mol. The average Bonchev–Trinajstić information content (AvgIpc) is 2.74. The van der Waals surface area contributed by atoms with Crippen LogP contribution in [-0.4, -0.2) is 44.1 Å². The molecule has 148 valence electrons. The van der Waals surface area contributed by atoms with E-state index in [4.69, 9.17) is 14.2 Å². The van der Waals surface area contributed by atoms with Gasteiger partial charge in [0, 0.05) is 19.2 Å². The van der Waals surface area contributed by atoms with E-state index < -0.39 is 5.97 Å². The second kappa shape index (κ2) is 10.8. The van der Waals surface area contributed by atoms with Gasteiger partial charge in [0.05, 0.1) is 14.2 Å². The van der Waals surface area contributed by atoms with Crippen LogP contribution in [0.3, 0.4) is 0 Å². The van der Waals surface area contributed by atoms with Gasteiger partial charge in [0.15, 0.2) is 18.1 Å². The summed E-state index contributed by atoms with van der Waals surface area (Å²) in [6.45, 7) is 2.61. The average molecular weight is 383 g/mol. The monoisotopic (exact) mass is 383 g/mol. The van der Waals surface area contributed by atoms with Crippen molar-refractivity contribution in [3.05, 3.63) is 65.7 Å². The van der Waals surface area contributed by atoms with Crippen LogP contribution in [0.5, 0.6) is 11.5 Å². The van der Waals surface area contributed by atoms with Gasteiger partial charge in [0.1, 0.15) is 0 Å². The first kappa shape index (κ1) is 21.0. The molecule has 0 atom stereocenters. The lowest BCUT2D eigenvalue weighted by molar-refractivity contribution is -0.148. The molecule has 0 unspecified atom stereocenters. The summed E-state index contributed by atoms with van der Waals surface area (Å²) in [6.07, 6.45) is 2.87. The van der Waals surface area contributed by atoms with Crippen molar-refractivity contribution < 1.29 is 23.8 Å². The van der Waals surface area contributed by atoms with E-state index in [0.29, 0.717) is 24.6 Å². The molecule has 0 N–H and O–H groups in total. The van der Waals surface area contributed by atoms with Crippen LogP contribution in [-0.2, 0) is 20.9 Å². The molecule has 0 bridgehead atoms. The quantitative estimate of drug-likeness (QED) is 0.491. The van der Waals surface area contributed by atoms with Gasteiger partial charge in [0.25, 0.3) is 5.91 Å². The highest BCUT2D eigenvalue weighted by molar-refractivity contribution is 5.89. The van der Waals surface area contributed by atoms with Crippen molar-refractivity contribution in [3.8, 4) is 11.5 Å². The highest BCUT2D eigenvalue weighted by Crippen LogP contribution is 2.27. The van der Waals surface area contributed by atoms with Crippen LogP contribution < -0.4 is 9.47 Å². The van der Waals surface area contributed by atoms with Crippen LogP contribution in [0.4, 0.5) is 0 Å². The number of hydrogen-bond donors (Lipinski definition) is 0. The second-order valence-electron chi connectivity index (χ2n) is 5.95. The minimum Gasteiger partial charge on any atom is -0.493 e. The molecule has 0 aliphatic heterocycles. The summed E-state index contributed by atoms with van der Waals surface area (Å²) in [6, 6.07) is 15.0. The zero-order valence-corrected chi connectivity index (χ0v) is 16.4. The first-order valence-corrected chi connectivity index (χ1v) is 8.96. The fourth-order valence-corrected chi connectivity index (χ4v) is 2.57. The molecular formula is C22H25NO5. The van der Waals surface area contributed by atoms with E-state index in [1.165, 1.54) is 6.08 Å². The summed E-state index contributed by atoms with van der Waals surface area (Å²) in [5, 5.41) is 0. The van der Waals surface area contributed by atoms with Crippen molar-refractivity contribution in [2.45, 2.75) is 13.5 Å². The summed E-state index contributed by atoms with van der Waals surface area (Å²) in [7, 11) is 3.10. The predicted molar refractivity (Wildman–Crippen MR) is 107 cm³/mol. The standard InChI is InChI=1S/C22H25NO5/c1-4-23(15-18-8-6-5-7-9-18)21(24)16-28-22(25)13-11-17-10-12-19(26-2)20(14-17)27-3/h5-14H,4,15-16H2,1-3H3/b13-11+. The van der Waals surface area contributed by atoms with Gasteiger partial charge in [-0.25, -0.2) is 4.79 Å². The Morgan fingerprint density at radius 3 is 2.36 bits per heavy atom. The molecule has 2 rings (SSSR count). The molecule has 0 heterocycles. The molecule has 6 nitrogen and oxygen atoms in total. The van der Waals surface area contributed by atoms with Gasteiger partial charge in [-0.3, -0.25) is 4.79 Å². The van der Waals surface area contributed by atoms with Crippen LogP contribution in [0.2, 0.25) is 0 Å². The molecule has 0 spiro atoms. The van der Waals surface area contributed by atoms with Gasteiger partial charge in [-0.2, -0.15) is 0 Å². The maximum Gasteiger partial charge on any atom is 0.331 e. The third kappa shape index (κ3) is 6.16. The van der Waals surface area contributed by atoms with Gasteiger partial charge in [-0.05, 0) is 36.3 Å². The molecule has 0 aromatic heterocycles. The van der Waals surface area contributed by atoms with Crippen LogP contribution in [0.1, 0.15) is 18.1 Å². The highest BCUT2D eigenvalue weighted by Gasteiger charge is 2.14. The zero-order valence-electron chi connectivity index (χ0n) is 16.4. The van der Waals surface area contributed by atoms with Crippen LogP contribution in [0.25, 0.3) is 6.08 Å². The number of benzene rings is 2. The molecule has 0 aliphatic carbocycles. The number of amides is 1. The third-order valence-electron chi connectivity index (χ3n) is 4.11. The van der Waals surface area contributed by atoms with E-state index in [0.717, 1.165) is 11.1 Å². The first-order chi connectivity index (χ1) is 13.6. The van der Waals surface area contributed by atoms with Crippen molar-refractivity contribution in [1.82, 2.24) is 4.90 Å². The van der Waals surface area contributed by atoms with Crippen LogP contribution >= 0.6 is 0 Å². The molecule has 0 saturated carbocycles. The molecule has 0 aliphatic rings. The summed E-state index contributed by atoms with van der Waals surface area (Å²) >= 11 is 0. The Bertz CT molecular complexity index is 817. The number of esters is 1. The minimum atomic E-state index is -0.584. The number of likely N-dealkylation sites (N-methyl/N-ethyl adjacent to an activating group) is 1. The molecule has 28 heavy (non-hydrogen) atoms. The summed E-state index contributed by atoms with van der Waals surface area (Å²) in [4.78, 5) is 25.9. The third-order valence-corrected chi connectivity index (χ3v) is 4.11. The van der Waals surface area contributed by atoms with Crippen molar-refractivity contribution in [3.63, 3.8) is 0 Å². The maximum absolute atomic E-state index is 12.3. The maximum atomic E-state index is 12.3. The lowest BCUT2D eigenvalue weighted by Gasteiger charge is -2.20. The van der Waals surface area contributed by atoms with Crippen molar-refractivity contribution in [2.75, 3.05) is 27.4 Å². The topological polar surface area (TPSA) is 65.1 Å². The Kier molecular flexibility index (Phi) is 8.09. The van der Waals surface area contributed by atoms with Crippen LogP contribution in [0.15, 0.2) is 54.6 Å². The van der Waals surface area contributed by atoms with E-state index in [1.54, 1.807) is 43.4 Å². The Labute approximate surface area is 165 Å². The lowest BCUT2D eigenvalue weighted by Crippen LogP contribution is -2.33. The number of rotatable bonds is 9. The Morgan fingerprint density at radius 1 is 1.00 bits per heavy atom. The number of nitrogens with zero attached hydrogens (tertiary/aromatic N) is 1. The number of methoxy groups -OCH3 is 2. The normalized spacial score (nSPS) is 10.5. The van der Waals surface area contributed by atoms with Crippen molar-refractivity contribution in [1.29, 1.82) is 0 Å². The van der Waals surface area contributed by atoms with Crippen molar-refractivity contribution >= 4 is 18.0 Å². The highest BCUT2D eigenvalue weighted by atomic mass is 16.5. The van der Waals surface area contributed by atoms with Crippen molar-refractivity contribution in [2.24, 2.45) is 0 Å². The summed E-state index contributed by atoms with van der Waals surface area (Å²) in [5.41, 5.74) is 1.78. The van der Waals surface area contributed by atoms with Gasteiger partial charge >= 0.3 is 5.97 Å². The minimum absolute atomic E-state index is 0.237. The first-order valence-electron chi connectivity index (χ1n) is 8.96. The lowest BCUT2D eigenvalue weighted by atomic mass is 10.2. The predicted octanol–water partition coefficient (Wildman–Crippen LogP) is 3.31. The van der Waals surface area contributed by atoms with E-state index in [1.807, 2.05) is 37.3 Å². The smallest absolute Gasteiger partial charge is 0.331 e. The SMILES string of the molecule is CCN(Cc1ccccc1)C(=O)COC(=O)/C=C/c1ccc(OC)c(OC)c1. The van der Waals surface area contributed by atoms with Gasteiger partial charge in [-0.1, -0.05) is 36.4 Å². The molecule has 0 saturated heterocycles. The number of ether oxygens (including phenoxy) is 3. The molecule has 2 aromatic carbocycles. The van der Waals surface area contributed by atoms with Gasteiger partial charge in [-0.15, -0.1) is 0 Å². The molecule has 0 fully saturated rings. The van der Waals surface area contributed by atoms with E-state index in [9.17, 15) is 9.59 Å².